The van der Waals surface area contributed by atoms with Gasteiger partial charge in [-0.25, -0.2) is 9.48 Å². The summed E-state index contributed by atoms with van der Waals surface area (Å²) in [5.41, 5.74) is 1.02. The van der Waals surface area contributed by atoms with E-state index in [2.05, 4.69) is 10.4 Å². The van der Waals surface area contributed by atoms with Gasteiger partial charge in [-0.2, -0.15) is 5.10 Å². The van der Waals surface area contributed by atoms with Crippen LogP contribution in [0, 0.1) is 12.8 Å². The average Bonchev–Trinajstić information content (AvgIpc) is 3.16. The standard InChI is InChI=1S/C16H24N4O3/c1-10-11(4-5-23-10)8-17-9-13-6-12(7-14(13)21)15-18-20(3)16(22)19(15)2/h4-5,12-14,17,21H,6-9H2,1-3H3/t12-,13+,14+/m0/s1. The largest absolute Gasteiger partial charge is 0.469 e. The summed E-state index contributed by atoms with van der Waals surface area (Å²) < 4.78 is 8.22. The van der Waals surface area contributed by atoms with Gasteiger partial charge in [-0.15, -0.1) is 0 Å². The van der Waals surface area contributed by atoms with E-state index >= 15 is 0 Å². The predicted molar refractivity (Wildman–Crippen MR) is 85.1 cm³/mol. The molecule has 0 saturated heterocycles. The molecule has 1 saturated carbocycles. The van der Waals surface area contributed by atoms with E-state index in [9.17, 15) is 9.90 Å². The maximum absolute atomic E-state index is 11.8. The number of nitrogens with zero attached hydrogens (tertiary/aromatic N) is 3. The highest BCUT2D eigenvalue weighted by Crippen LogP contribution is 2.37. The molecular weight excluding hydrogens is 296 g/mol. The van der Waals surface area contributed by atoms with Crippen molar-refractivity contribution in [2.45, 2.75) is 38.3 Å². The third-order valence-electron chi connectivity index (χ3n) is 4.87. The minimum atomic E-state index is -0.366. The summed E-state index contributed by atoms with van der Waals surface area (Å²) >= 11 is 0. The van der Waals surface area contributed by atoms with Gasteiger partial charge < -0.3 is 14.8 Å². The number of aliphatic hydroxyl groups excluding tert-OH is 1. The molecule has 3 atom stereocenters. The molecule has 2 heterocycles. The first-order chi connectivity index (χ1) is 11.0. The van der Waals surface area contributed by atoms with Gasteiger partial charge in [-0.1, -0.05) is 0 Å². The van der Waals surface area contributed by atoms with Crippen molar-refractivity contribution >= 4 is 0 Å². The first kappa shape index (κ1) is 16.0. The normalized spacial score (nSPS) is 24.4. The Balaban J connectivity index is 1.59. The lowest BCUT2D eigenvalue weighted by atomic mass is 10.0. The van der Waals surface area contributed by atoms with Crippen LogP contribution in [0.4, 0.5) is 0 Å². The third kappa shape index (κ3) is 3.11. The van der Waals surface area contributed by atoms with Crippen molar-refractivity contribution in [3.05, 3.63) is 40.0 Å². The maximum atomic E-state index is 11.8. The second-order valence-electron chi connectivity index (χ2n) is 6.45. The molecule has 2 aromatic heterocycles. The van der Waals surface area contributed by atoms with Gasteiger partial charge in [0.25, 0.3) is 0 Å². The van der Waals surface area contributed by atoms with Crippen molar-refractivity contribution in [1.82, 2.24) is 19.7 Å². The van der Waals surface area contributed by atoms with Crippen LogP contribution in [0.5, 0.6) is 0 Å². The van der Waals surface area contributed by atoms with Crippen LogP contribution in [0.25, 0.3) is 0 Å². The molecule has 7 heteroatoms. The Hall–Kier alpha value is -1.86. The van der Waals surface area contributed by atoms with E-state index in [4.69, 9.17) is 4.42 Å². The number of furan rings is 1. The van der Waals surface area contributed by atoms with Gasteiger partial charge in [0, 0.05) is 38.7 Å². The molecule has 0 amide bonds. The number of aryl methyl sites for hydroxylation is 2. The van der Waals surface area contributed by atoms with Crippen molar-refractivity contribution in [3.63, 3.8) is 0 Å². The van der Waals surface area contributed by atoms with E-state index in [1.807, 2.05) is 13.0 Å². The zero-order chi connectivity index (χ0) is 16.6. The van der Waals surface area contributed by atoms with Crippen molar-refractivity contribution in [2.75, 3.05) is 6.54 Å². The summed E-state index contributed by atoms with van der Waals surface area (Å²) in [7, 11) is 3.40. The lowest BCUT2D eigenvalue weighted by Gasteiger charge is -2.14. The lowest BCUT2D eigenvalue weighted by Crippen LogP contribution is -2.27. The van der Waals surface area contributed by atoms with Crippen molar-refractivity contribution in [3.8, 4) is 0 Å². The molecule has 1 fully saturated rings. The molecule has 126 valence electrons. The van der Waals surface area contributed by atoms with Crippen LogP contribution in [0.3, 0.4) is 0 Å². The van der Waals surface area contributed by atoms with E-state index < -0.39 is 0 Å². The molecule has 2 N–H and O–H groups in total. The number of hydrogen-bond acceptors (Lipinski definition) is 5. The Kier molecular flexibility index (Phi) is 4.41. The Morgan fingerprint density at radius 1 is 1.43 bits per heavy atom. The smallest absolute Gasteiger partial charge is 0.345 e. The fraction of sp³-hybridized carbons (Fsp3) is 0.625. The zero-order valence-electron chi connectivity index (χ0n) is 13.8. The Morgan fingerprint density at radius 3 is 2.83 bits per heavy atom. The highest BCUT2D eigenvalue weighted by atomic mass is 16.3. The van der Waals surface area contributed by atoms with Crippen LogP contribution < -0.4 is 11.0 Å². The van der Waals surface area contributed by atoms with Crippen molar-refractivity contribution < 1.29 is 9.52 Å². The van der Waals surface area contributed by atoms with Gasteiger partial charge in [0.2, 0.25) is 0 Å². The van der Waals surface area contributed by atoms with Gasteiger partial charge in [0.05, 0.1) is 12.4 Å². The second-order valence-corrected chi connectivity index (χ2v) is 6.45. The van der Waals surface area contributed by atoms with E-state index in [1.54, 1.807) is 24.9 Å². The Bertz CT molecular complexity index is 730. The van der Waals surface area contributed by atoms with Gasteiger partial charge in [0.15, 0.2) is 0 Å². The number of aromatic nitrogens is 3. The van der Waals surface area contributed by atoms with Gasteiger partial charge in [-0.3, -0.25) is 4.57 Å². The molecule has 1 aliphatic rings. The first-order valence-electron chi connectivity index (χ1n) is 7.99. The summed E-state index contributed by atoms with van der Waals surface area (Å²) in [5.74, 6) is 1.99. The maximum Gasteiger partial charge on any atom is 0.345 e. The highest BCUT2D eigenvalue weighted by Gasteiger charge is 2.36. The summed E-state index contributed by atoms with van der Waals surface area (Å²) in [4.78, 5) is 11.8. The number of aliphatic hydroxyl groups is 1. The minimum absolute atomic E-state index is 0.119. The van der Waals surface area contributed by atoms with Crippen LogP contribution in [0.15, 0.2) is 21.5 Å². The van der Waals surface area contributed by atoms with Crippen LogP contribution in [-0.4, -0.2) is 32.1 Å². The van der Waals surface area contributed by atoms with Crippen molar-refractivity contribution in [2.24, 2.45) is 20.0 Å². The minimum Gasteiger partial charge on any atom is -0.469 e. The number of hydrogen-bond donors (Lipinski definition) is 2. The van der Waals surface area contributed by atoms with Crippen LogP contribution in [-0.2, 0) is 20.6 Å². The predicted octanol–water partition coefficient (Wildman–Crippen LogP) is 0.665. The highest BCUT2D eigenvalue weighted by molar-refractivity contribution is 5.15. The van der Waals surface area contributed by atoms with Crippen molar-refractivity contribution in [1.29, 1.82) is 0 Å². The quantitative estimate of drug-likeness (QED) is 0.845. The van der Waals surface area contributed by atoms with Crippen LogP contribution >= 0.6 is 0 Å². The monoisotopic (exact) mass is 320 g/mol. The Morgan fingerprint density at radius 2 is 2.22 bits per heavy atom. The summed E-state index contributed by atoms with van der Waals surface area (Å²) in [6, 6.07) is 1.96. The SMILES string of the molecule is Cc1occc1CNC[C@H]1C[C@H](c2nn(C)c(=O)n2C)C[C@H]1O. The summed E-state index contributed by atoms with van der Waals surface area (Å²) in [5, 5.41) is 18.0. The van der Waals surface area contributed by atoms with Crippen LogP contribution in [0.1, 0.15) is 35.9 Å². The number of nitrogens with one attached hydrogen (secondary N) is 1. The molecule has 0 radical (unpaired) electrons. The first-order valence-corrected chi connectivity index (χ1v) is 7.99. The lowest BCUT2D eigenvalue weighted by molar-refractivity contribution is 0.131. The average molecular weight is 320 g/mol. The van der Waals surface area contributed by atoms with Gasteiger partial charge >= 0.3 is 5.69 Å². The third-order valence-corrected chi connectivity index (χ3v) is 4.87. The van der Waals surface area contributed by atoms with Gasteiger partial charge in [0.1, 0.15) is 11.6 Å². The molecular formula is C16H24N4O3. The molecule has 23 heavy (non-hydrogen) atoms. The van der Waals surface area contributed by atoms with E-state index in [1.165, 1.54) is 4.68 Å². The Labute approximate surface area is 134 Å². The summed E-state index contributed by atoms with van der Waals surface area (Å²) in [6.07, 6.45) is 2.81. The van der Waals surface area contributed by atoms with Crippen LogP contribution in [0.2, 0.25) is 0 Å². The van der Waals surface area contributed by atoms with E-state index in [0.717, 1.165) is 36.7 Å². The van der Waals surface area contributed by atoms with E-state index in [0.29, 0.717) is 6.42 Å². The fourth-order valence-electron chi connectivity index (χ4n) is 3.45. The van der Waals surface area contributed by atoms with Gasteiger partial charge in [-0.05, 0) is 31.7 Å². The molecule has 0 unspecified atom stereocenters. The molecule has 2 aromatic rings. The molecule has 1 aliphatic carbocycles. The molecule has 7 nitrogen and oxygen atoms in total. The number of rotatable bonds is 5. The summed E-state index contributed by atoms with van der Waals surface area (Å²) in [6.45, 7) is 3.42. The topological polar surface area (TPSA) is 85.2 Å². The molecule has 0 aromatic carbocycles. The van der Waals surface area contributed by atoms with E-state index in [-0.39, 0.29) is 23.6 Å². The molecule has 3 rings (SSSR count). The fourth-order valence-corrected chi connectivity index (χ4v) is 3.45. The second kappa shape index (κ2) is 6.33. The molecule has 0 aliphatic heterocycles. The molecule has 0 spiro atoms. The zero-order valence-corrected chi connectivity index (χ0v) is 13.8. The molecule has 0 bridgehead atoms.